The highest BCUT2D eigenvalue weighted by Crippen LogP contribution is 2.29. The van der Waals surface area contributed by atoms with Gasteiger partial charge in [0.15, 0.2) is 5.13 Å². The van der Waals surface area contributed by atoms with Crippen molar-refractivity contribution in [3.63, 3.8) is 0 Å². The fourth-order valence-corrected chi connectivity index (χ4v) is 4.50. The third-order valence-electron chi connectivity index (χ3n) is 5.25. The van der Waals surface area contributed by atoms with E-state index in [-0.39, 0.29) is 24.1 Å². The van der Waals surface area contributed by atoms with E-state index in [1.54, 1.807) is 19.2 Å². The number of aromatic nitrogens is 1. The number of rotatable bonds is 6. The van der Waals surface area contributed by atoms with Crippen molar-refractivity contribution < 1.29 is 18.7 Å². The molecule has 0 unspecified atom stereocenters. The predicted molar refractivity (Wildman–Crippen MR) is 118 cm³/mol. The SMILES string of the molecule is COc1ccc2nc(NC(=O)CN3CCC(NC(=O)c4ccccc4F)CC3)sc2c1. The van der Waals surface area contributed by atoms with Crippen LogP contribution in [0.15, 0.2) is 42.5 Å². The Morgan fingerprint density at radius 1 is 1.23 bits per heavy atom. The van der Waals surface area contributed by atoms with E-state index < -0.39 is 11.7 Å². The molecule has 1 aliphatic heterocycles. The van der Waals surface area contributed by atoms with Gasteiger partial charge in [-0.2, -0.15) is 0 Å². The molecule has 0 atom stereocenters. The van der Waals surface area contributed by atoms with Crippen LogP contribution in [0.4, 0.5) is 9.52 Å². The number of halogens is 1. The first-order valence-corrected chi connectivity index (χ1v) is 10.9. The van der Waals surface area contributed by atoms with Gasteiger partial charge in [-0.05, 0) is 43.2 Å². The number of nitrogens with zero attached hydrogens (tertiary/aromatic N) is 2. The van der Waals surface area contributed by atoms with Gasteiger partial charge in [0, 0.05) is 19.1 Å². The fraction of sp³-hybridized carbons (Fsp3) is 0.318. The highest BCUT2D eigenvalue weighted by molar-refractivity contribution is 7.22. The van der Waals surface area contributed by atoms with Gasteiger partial charge in [0.25, 0.3) is 5.91 Å². The molecular weight excluding hydrogens is 419 g/mol. The van der Waals surface area contributed by atoms with Gasteiger partial charge in [-0.1, -0.05) is 23.5 Å². The molecule has 2 amide bonds. The Labute approximate surface area is 183 Å². The number of nitrogens with one attached hydrogen (secondary N) is 2. The maximum absolute atomic E-state index is 13.8. The highest BCUT2D eigenvalue weighted by Gasteiger charge is 2.23. The molecule has 7 nitrogen and oxygen atoms in total. The van der Waals surface area contributed by atoms with Gasteiger partial charge in [-0.15, -0.1) is 0 Å². The van der Waals surface area contributed by atoms with Gasteiger partial charge >= 0.3 is 0 Å². The standard InChI is InChI=1S/C22H23FN4O3S/c1-30-15-6-7-18-19(12-15)31-22(25-18)26-20(28)13-27-10-8-14(9-11-27)24-21(29)16-4-2-3-5-17(16)23/h2-7,12,14H,8-11,13H2,1H3,(H,24,29)(H,25,26,28). The number of benzene rings is 2. The van der Waals surface area contributed by atoms with E-state index in [2.05, 4.69) is 15.6 Å². The Bertz CT molecular complexity index is 1100. The summed E-state index contributed by atoms with van der Waals surface area (Å²) in [5.74, 6) is -0.303. The second kappa shape index (κ2) is 9.40. The third-order valence-corrected chi connectivity index (χ3v) is 6.18. The fourth-order valence-electron chi connectivity index (χ4n) is 3.59. The number of anilines is 1. The van der Waals surface area contributed by atoms with Crippen molar-refractivity contribution in [3.05, 3.63) is 53.8 Å². The summed E-state index contributed by atoms with van der Waals surface area (Å²) in [7, 11) is 1.61. The molecule has 1 fully saturated rings. The summed E-state index contributed by atoms with van der Waals surface area (Å²) in [6.07, 6.45) is 1.41. The summed E-state index contributed by atoms with van der Waals surface area (Å²) >= 11 is 1.40. The summed E-state index contributed by atoms with van der Waals surface area (Å²) in [5.41, 5.74) is 0.866. The van der Waals surface area contributed by atoms with Crippen LogP contribution in [0.2, 0.25) is 0 Å². The van der Waals surface area contributed by atoms with Crippen molar-refractivity contribution in [2.45, 2.75) is 18.9 Å². The second-order valence-electron chi connectivity index (χ2n) is 7.40. The molecule has 0 saturated carbocycles. The van der Waals surface area contributed by atoms with Crippen molar-refractivity contribution in [1.82, 2.24) is 15.2 Å². The zero-order valence-corrected chi connectivity index (χ0v) is 17.9. The zero-order valence-electron chi connectivity index (χ0n) is 17.1. The van der Waals surface area contributed by atoms with Crippen LogP contribution in [0, 0.1) is 5.82 Å². The Hall–Kier alpha value is -3.04. The van der Waals surface area contributed by atoms with E-state index in [4.69, 9.17) is 4.74 Å². The van der Waals surface area contributed by atoms with Crippen LogP contribution in [0.1, 0.15) is 23.2 Å². The average molecular weight is 443 g/mol. The van der Waals surface area contributed by atoms with Gasteiger partial charge < -0.3 is 15.4 Å². The van der Waals surface area contributed by atoms with Crippen molar-refractivity contribution >= 4 is 38.5 Å². The van der Waals surface area contributed by atoms with E-state index >= 15 is 0 Å². The number of methoxy groups -OCH3 is 1. The molecule has 31 heavy (non-hydrogen) atoms. The smallest absolute Gasteiger partial charge is 0.254 e. The zero-order chi connectivity index (χ0) is 21.8. The lowest BCUT2D eigenvalue weighted by molar-refractivity contribution is -0.117. The minimum absolute atomic E-state index is 0.0364. The number of hydrogen-bond donors (Lipinski definition) is 2. The molecule has 4 rings (SSSR count). The number of fused-ring (bicyclic) bond motifs is 1. The van der Waals surface area contributed by atoms with E-state index in [9.17, 15) is 14.0 Å². The number of thiazole rings is 1. The maximum Gasteiger partial charge on any atom is 0.254 e. The molecule has 162 valence electrons. The second-order valence-corrected chi connectivity index (χ2v) is 8.44. The molecule has 0 aliphatic carbocycles. The van der Waals surface area contributed by atoms with Crippen molar-refractivity contribution in [3.8, 4) is 5.75 Å². The number of ether oxygens (including phenoxy) is 1. The number of likely N-dealkylation sites (tertiary alicyclic amines) is 1. The van der Waals surface area contributed by atoms with Gasteiger partial charge in [0.1, 0.15) is 11.6 Å². The molecule has 2 heterocycles. The van der Waals surface area contributed by atoms with Crippen LogP contribution in [0.25, 0.3) is 10.2 Å². The minimum Gasteiger partial charge on any atom is -0.497 e. The summed E-state index contributed by atoms with van der Waals surface area (Å²) < 4.78 is 19.9. The molecule has 0 radical (unpaired) electrons. The molecule has 2 aromatic carbocycles. The number of hydrogen-bond acceptors (Lipinski definition) is 6. The Morgan fingerprint density at radius 3 is 2.74 bits per heavy atom. The van der Waals surface area contributed by atoms with E-state index in [1.807, 2.05) is 23.1 Å². The van der Waals surface area contributed by atoms with Gasteiger partial charge in [-0.25, -0.2) is 9.37 Å². The Kier molecular flexibility index (Phi) is 6.43. The topological polar surface area (TPSA) is 83.6 Å². The van der Waals surface area contributed by atoms with E-state index in [1.165, 1.54) is 23.5 Å². The van der Waals surface area contributed by atoms with Crippen LogP contribution in [0.5, 0.6) is 5.75 Å². The van der Waals surface area contributed by atoms with Crippen LogP contribution in [-0.2, 0) is 4.79 Å². The maximum atomic E-state index is 13.8. The van der Waals surface area contributed by atoms with Crippen molar-refractivity contribution in [2.24, 2.45) is 0 Å². The summed E-state index contributed by atoms with van der Waals surface area (Å²) in [4.78, 5) is 31.2. The predicted octanol–water partition coefficient (Wildman–Crippen LogP) is 3.28. The lowest BCUT2D eigenvalue weighted by atomic mass is 10.0. The molecule has 0 bridgehead atoms. The van der Waals surface area contributed by atoms with Crippen LogP contribution >= 0.6 is 11.3 Å². The minimum atomic E-state index is -0.526. The highest BCUT2D eigenvalue weighted by atomic mass is 32.1. The van der Waals surface area contributed by atoms with Crippen molar-refractivity contribution in [2.75, 3.05) is 32.1 Å². The molecule has 2 N–H and O–H groups in total. The van der Waals surface area contributed by atoms with Gasteiger partial charge in [0.05, 0.1) is 29.4 Å². The monoisotopic (exact) mass is 442 g/mol. The normalized spacial score (nSPS) is 15.0. The largest absolute Gasteiger partial charge is 0.497 e. The number of amides is 2. The average Bonchev–Trinajstić information content (AvgIpc) is 3.16. The number of carbonyl (C=O) groups excluding carboxylic acids is 2. The molecule has 9 heteroatoms. The lowest BCUT2D eigenvalue weighted by Gasteiger charge is -2.31. The Balaban J connectivity index is 1.25. The third kappa shape index (κ3) is 5.18. The quantitative estimate of drug-likeness (QED) is 0.612. The molecule has 1 aliphatic rings. The van der Waals surface area contributed by atoms with Crippen molar-refractivity contribution in [1.29, 1.82) is 0 Å². The van der Waals surface area contributed by atoms with Gasteiger partial charge in [-0.3, -0.25) is 14.5 Å². The first-order chi connectivity index (χ1) is 15.0. The summed E-state index contributed by atoms with van der Waals surface area (Å²) in [5, 5.41) is 6.31. The van der Waals surface area contributed by atoms with Crippen LogP contribution in [0.3, 0.4) is 0 Å². The van der Waals surface area contributed by atoms with Crippen LogP contribution < -0.4 is 15.4 Å². The number of carbonyl (C=O) groups is 2. The first-order valence-electron chi connectivity index (χ1n) is 10.0. The molecule has 1 saturated heterocycles. The summed E-state index contributed by atoms with van der Waals surface area (Å²) in [6, 6.07) is 11.5. The Morgan fingerprint density at radius 2 is 2.00 bits per heavy atom. The van der Waals surface area contributed by atoms with E-state index in [0.717, 1.165) is 16.0 Å². The lowest BCUT2D eigenvalue weighted by Crippen LogP contribution is -2.46. The first kappa shape index (κ1) is 21.2. The van der Waals surface area contributed by atoms with E-state index in [0.29, 0.717) is 31.1 Å². The van der Waals surface area contributed by atoms with Crippen LogP contribution in [-0.4, -0.2) is 54.5 Å². The molecule has 0 spiro atoms. The molecular formula is C22H23FN4O3S. The number of piperidine rings is 1. The molecule has 3 aromatic rings. The molecule has 1 aromatic heterocycles. The summed E-state index contributed by atoms with van der Waals surface area (Å²) in [6.45, 7) is 1.60. The van der Waals surface area contributed by atoms with Gasteiger partial charge in [0.2, 0.25) is 5.91 Å².